The molecule has 2 aliphatic heterocycles. The summed E-state index contributed by atoms with van der Waals surface area (Å²) in [6.07, 6.45) is 0. The second kappa shape index (κ2) is 6.76. The van der Waals surface area contributed by atoms with Gasteiger partial charge in [-0.15, -0.1) is 0 Å². The Morgan fingerprint density at radius 1 is 1.11 bits per heavy atom. The molecule has 9 heteroatoms. The molecule has 2 heterocycles. The molecule has 1 atom stereocenters. The molecule has 0 bridgehead atoms. The molecule has 0 radical (unpaired) electrons. The number of amides is 3. The summed E-state index contributed by atoms with van der Waals surface area (Å²) in [6, 6.07) is 10.4. The number of rotatable bonds is 4. The third-order valence-corrected chi connectivity index (χ3v) is 4.74. The van der Waals surface area contributed by atoms with Crippen LogP contribution < -0.4 is 10.6 Å². The lowest BCUT2D eigenvalue weighted by molar-refractivity contribution is -0.384. The van der Waals surface area contributed by atoms with Crippen LogP contribution in [0.5, 0.6) is 0 Å². The van der Waals surface area contributed by atoms with Crippen LogP contribution in [0, 0.1) is 15.9 Å². The monoisotopic (exact) mass is 382 g/mol. The van der Waals surface area contributed by atoms with Gasteiger partial charge < -0.3 is 15.5 Å². The van der Waals surface area contributed by atoms with Crippen molar-refractivity contribution in [2.24, 2.45) is 0 Å². The Kier molecular flexibility index (Phi) is 4.26. The molecule has 4 rings (SSSR count). The van der Waals surface area contributed by atoms with E-state index in [2.05, 4.69) is 10.6 Å². The average Bonchev–Trinajstić information content (AvgIpc) is 2.98. The SMILES string of the molecule is O=C1NC2=C(C(=O)N(Cc3ccc(F)cc3)C2)[C@H](c2ccc([N+](=O)[O-])cc2)N1. The van der Waals surface area contributed by atoms with Crippen LogP contribution in [0.1, 0.15) is 17.2 Å². The van der Waals surface area contributed by atoms with Gasteiger partial charge in [0.1, 0.15) is 5.82 Å². The number of urea groups is 1. The number of nitrogens with one attached hydrogen (secondary N) is 2. The molecular weight excluding hydrogens is 367 g/mol. The zero-order valence-electron chi connectivity index (χ0n) is 14.5. The smallest absolute Gasteiger partial charge is 0.319 e. The highest BCUT2D eigenvalue weighted by Crippen LogP contribution is 2.33. The first-order chi connectivity index (χ1) is 13.4. The molecule has 3 amide bonds. The number of hydrogen-bond donors (Lipinski definition) is 2. The Balaban J connectivity index is 1.60. The van der Waals surface area contributed by atoms with Crippen LogP contribution in [0.15, 0.2) is 59.8 Å². The number of hydrogen-bond acceptors (Lipinski definition) is 4. The molecule has 0 fully saturated rings. The van der Waals surface area contributed by atoms with Gasteiger partial charge in [0.25, 0.3) is 11.6 Å². The van der Waals surface area contributed by atoms with Gasteiger partial charge in [-0.1, -0.05) is 12.1 Å². The first-order valence-electron chi connectivity index (χ1n) is 8.51. The van der Waals surface area contributed by atoms with Gasteiger partial charge in [0.15, 0.2) is 0 Å². The Labute approximate surface area is 158 Å². The molecule has 2 aromatic rings. The average molecular weight is 382 g/mol. The molecule has 2 N–H and O–H groups in total. The minimum atomic E-state index is -0.699. The van der Waals surface area contributed by atoms with Gasteiger partial charge in [0, 0.05) is 18.7 Å². The number of nitro groups is 1. The Morgan fingerprint density at radius 3 is 2.43 bits per heavy atom. The lowest BCUT2D eigenvalue weighted by Crippen LogP contribution is -2.44. The Bertz CT molecular complexity index is 1000. The van der Waals surface area contributed by atoms with Gasteiger partial charge in [-0.2, -0.15) is 0 Å². The molecule has 0 spiro atoms. The molecule has 2 aliphatic rings. The van der Waals surface area contributed by atoms with Crippen LogP contribution in [-0.2, 0) is 11.3 Å². The van der Waals surface area contributed by atoms with Crippen LogP contribution >= 0.6 is 0 Å². The molecule has 0 saturated carbocycles. The minimum absolute atomic E-state index is 0.0751. The largest absolute Gasteiger partial charge is 0.329 e. The quantitative estimate of drug-likeness (QED) is 0.626. The number of halogens is 1. The number of non-ortho nitro benzene ring substituents is 1. The highest BCUT2D eigenvalue weighted by Gasteiger charge is 2.40. The standard InChI is InChI=1S/C19H15FN4O4/c20-13-5-1-11(2-6-13)9-23-10-15-16(18(23)25)17(22-19(26)21-15)12-3-7-14(8-4-12)24(27)28/h1-8,17H,9-10H2,(H2,21,22,26)/t17-/m0/s1. The van der Waals surface area contributed by atoms with E-state index in [9.17, 15) is 24.1 Å². The predicted octanol–water partition coefficient (Wildman–Crippen LogP) is 2.38. The van der Waals surface area contributed by atoms with Gasteiger partial charge in [-0.3, -0.25) is 14.9 Å². The van der Waals surface area contributed by atoms with Crippen molar-refractivity contribution in [3.63, 3.8) is 0 Å². The van der Waals surface area contributed by atoms with E-state index in [0.717, 1.165) is 5.56 Å². The van der Waals surface area contributed by atoms with Gasteiger partial charge >= 0.3 is 6.03 Å². The van der Waals surface area contributed by atoms with Gasteiger partial charge in [0.05, 0.1) is 28.8 Å². The molecular formula is C19H15FN4O4. The summed E-state index contributed by atoms with van der Waals surface area (Å²) in [5.74, 6) is -0.612. The van der Waals surface area contributed by atoms with E-state index in [1.807, 2.05) is 0 Å². The Morgan fingerprint density at radius 2 is 1.79 bits per heavy atom. The molecule has 28 heavy (non-hydrogen) atoms. The topological polar surface area (TPSA) is 105 Å². The maximum Gasteiger partial charge on any atom is 0.319 e. The molecule has 0 saturated heterocycles. The van der Waals surface area contributed by atoms with E-state index in [1.54, 1.807) is 17.0 Å². The predicted molar refractivity (Wildman–Crippen MR) is 96.3 cm³/mol. The fraction of sp³-hybridized carbons (Fsp3) is 0.158. The van der Waals surface area contributed by atoms with E-state index in [-0.39, 0.29) is 30.5 Å². The summed E-state index contributed by atoms with van der Waals surface area (Å²) in [6.45, 7) is 0.497. The summed E-state index contributed by atoms with van der Waals surface area (Å²) in [7, 11) is 0. The maximum absolute atomic E-state index is 13.1. The van der Waals surface area contributed by atoms with E-state index >= 15 is 0 Å². The molecule has 8 nitrogen and oxygen atoms in total. The number of carbonyl (C=O) groups is 2. The van der Waals surface area contributed by atoms with Crippen molar-refractivity contribution in [2.45, 2.75) is 12.6 Å². The van der Waals surface area contributed by atoms with Crippen molar-refractivity contribution in [1.29, 1.82) is 0 Å². The summed E-state index contributed by atoms with van der Waals surface area (Å²) in [4.78, 5) is 36.9. The second-order valence-electron chi connectivity index (χ2n) is 6.56. The minimum Gasteiger partial charge on any atom is -0.329 e. The van der Waals surface area contributed by atoms with E-state index in [4.69, 9.17) is 0 Å². The lowest BCUT2D eigenvalue weighted by Gasteiger charge is -2.25. The summed E-state index contributed by atoms with van der Waals surface area (Å²) >= 11 is 0. The van der Waals surface area contributed by atoms with Crippen LogP contribution in [0.4, 0.5) is 14.9 Å². The maximum atomic E-state index is 13.1. The van der Waals surface area contributed by atoms with Crippen LogP contribution in [-0.4, -0.2) is 28.3 Å². The Hall–Kier alpha value is -3.75. The highest BCUT2D eigenvalue weighted by atomic mass is 19.1. The molecule has 2 aromatic carbocycles. The van der Waals surface area contributed by atoms with Crippen molar-refractivity contribution in [2.75, 3.05) is 6.54 Å². The normalized spacial score (nSPS) is 18.6. The molecule has 0 unspecified atom stereocenters. The number of nitrogens with zero attached hydrogens (tertiary/aromatic N) is 2. The van der Waals surface area contributed by atoms with Crippen molar-refractivity contribution in [3.8, 4) is 0 Å². The first-order valence-corrected chi connectivity index (χ1v) is 8.51. The molecule has 0 aliphatic carbocycles. The van der Waals surface area contributed by atoms with Gasteiger partial charge in [-0.25, -0.2) is 9.18 Å². The molecule has 142 valence electrons. The molecule has 0 aromatic heterocycles. The van der Waals surface area contributed by atoms with E-state index < -0.39 is 17.0 Å². The summed E-state index contributed by atoms with van der Waals surface area (Å²) in [5, 5.41) is 16.2. The lowest BCUT2D eigenvalue weighted by atomic mass is 9.96. The van der Waals surface area contributed by atoms with Gasteiger partial charge in [-0.05, 0) is 35.4 Å². The third-order valence-electron chi connectivity index (χ3n) is 4.74. The second-order valence-corrected chi connectivity index (χ2v) is 6.56. The number of carbonyl (C=O) groups excluding carboxylic acids is 2. The zero-order valence-corrected chi connectivity index (χ0v) is 14.5. The van der Waals surface area contributed by atoms with Crippen molar-refractivity contribution < 1.29 is 18.9 Å². The fourth-order valence-corrected chi connectivity index (χ4v) is 3.40. The zero-order chi connectivity index (χ0) is 19.8. The van der Waals surface area contributed by atoms with Crippen LogP contribution in [0.3, 0.4) is 0 Å². The fourth-order valence-electron chi connectivity index (χ4n) is 3.40. The van der Waals surface area contributed by atoms with Crippen LogP contribution in [0.2, 0.25) is 0 Å². The van der Waals surface area contributed by atoms with Crippen molar-refractivity contribution in [3.05, 3.63) is 86.9 Å². The highest BCUT2D eigenvalue weighted by molar-refractivity contribution is 6.01. The summed E-state index contributed by atoms with van der Waals surface area (Å²) in [5.41, 5.74) is 2.16. The third kappa shape index (κ3) is 3.18. The van der Waals surface area contributed by atoms with Crippen LogP contribution in [0.25, 0.3) is 0 Å². The van der Waals surface area contributed by atoms with E-state index in [0.29, 0.717) is 16.8 Å². The first kappa shape index (κ1) is 17.7. The summed E-state index contributed by atoms with van der Waals surface area (Å²) < 4.78 is 13.1. The van der Waals surface area contributed by atoms with E-state index in [1.165, 1.54) is 36.4 Å². The number of benzene rings is 2. The van der Waals surface area contributed by atoms with Crippen molar-refractivity contribution in [1.82, 2.24) is 15.5 Å². The van der Waals surface area contributed by atoms with Crippen molar-refractivity contribution >= 4 is 17.6 Å². The number of nitro benzene ring substituents is 1. The van der Waals surface area contributed by atoms with Gasteiger partial charge in [0.2, 0.25) is 0 Å².